The Labute approximate surface area is 180 Å². The standard InChI is InChI=1S/C25H23NO5/c1-14(22(27)15-7-3-2-4-8-15)31-25(30)18-9-5-6-10-19(18)26-23(28)20-16-11-12-17(13-16)21(20)24(26)29/h2-10,14,16-17,20-21H,11-13H2,1H3/t14-,16-,17-,20-,21-/m0/s1. The van der Waals surface area contributed by atoms with Crippen LogP contribution in [0.15, 0.2) is 54.6 Å². The van der Waals surface area contributed by atoms with Gasteiger partial charge in [0.1, 0.15) is 0 Å². The Balaban J connectivity index is 1.40. The predicted molar refractivity (Wildman–Crippen MR) is 112 cm³/mol. The van der Waals surface area contributed by atoms with Crippen molar-refractivity contribution in [1.29, 1.82) is 0 Å². The zero-order chi connectivity index (χ0) is 21.7. The molecule has 2 amide bonds. The second-order valence-electron chi connectivity index (χ2n) is 8.69. The monoisotopic (exact) mass is 417 g/mol. The molecule has 0 spiro atoms. The molecule has 2 saturated carbocycles. The lowest BCUT2D eigenvalue weighted by molar-refractivity contribution is -0.123. The number of fused-ring (bicyclic) bond motifs is 5. The highest BCUT2D eigenvalue weighted by molar-refractivity contribution is 6.24. The number of nitrogens with zero attached hydrogens (tertiary/aromatic N) is 1. The van der Waals surface area contributed by atoms with Crippen LogP contribution in [0.3, 0.4) is 0 Å². The molecule has 0 unspecified atom stereocenters. The number of rotatable bonds is 5. The van der Waals surface area contributed by atoms with Crippen LogP contribution >= 0.6 is 0 Å². The first-order chi connectivity index (χ1) is 15.0. The molecule has 1 aliphatic heterocycles. The summed E-state index contributed by atoms with van der Waals surface area (Å²) in [6, 6.07) is 15.1. The fourth-order valence-corrected chi connectivity index (χ4v) is 5.60. The number of hydrogen-bond donors (Lipinski definition) is 0. The van der Waals surface area contributed by atoms with Gasteiger partial charge in [0.25, 0.3) is 0 Å². The average Bonchev–Trinajstić information content (AvgIpc) is 3.47. The number of amides is 2. The molecule has 5 atom stereocenters. The van der Waals surface area contributed by atoms with Gasteiger partial charge >= 0.3 is 5.97 Å². The fourth-order valence-electron chi connectivity index (χ4n) is 5.60. The van der Waals surface area contributed by atoms with Gasteiger partial charge in [0.2, 0.25) is 17.6 Å². The summed E-state index contributed by atoms with van der Waals surface area (Å²) in [5.41, 5.74) is 0.809. The highest BCUT2D eigenvalue weighted by atomic mass is 16.5. The van der Waals surface area contributed by atoms with E-state index in [0.29, 0.717) is 5.56 Å². The van der Waals surface area contributed by atoms with Gasteiger partial charge in [-0.25, -0.2) is 9.69 Å². The Bertz CT molecular complexity index is 1050. The molecule has 3 aliphatic rings. The van der Waals surface area contributed by atoms with Gasteiger partial charge in [-0.05, 0) is 50.2 Å². The number of ketones is 1. The van der Waals surface area contributed by atoms with Crippen molar-refractivity contribution in [1.82, 2.24) is 0 Å². The lowest BCUT2D eigenvalue weighted by Gasteiger charge is -2.20. The van der Waals surface area contributed by atoms with Crippen LogP contribution in [0.1, 0.15) is 46.9 Å². The number of hydrogen-bond acceptors (Lipinski definition) is 5. The minimum Gasteiger partial charge on any atom is -0.451 e. The van der Waals surface area contributed by atoms with E-state index in [1.165, 1.54) is 17.9 Å². The summed E-state index contributed by atoms with van der Waals surface area (Å²) in [4.78, 5) is 53.1. The average molecular weight is 417 g/mol. The SMILES string of the molecule is C[C@H](OC(=O)c1ccccc1N1C(=O)[C@H]2[C@H]3CC[C@@H](C3)[C@@H]2C1=O)C(=O)c1ccccc1. The Morgan fingerprint density at radius 2 is 1.48 bits per heavy atom. The van der Waals surface area contributed by atoms with Crippen molar-refractivity contribution in [3.63, 3.8) is 0 Å². The van der Waals surface area contributed by atoms with Crippen molar-refractivity contribution < 1.29 is 23.9 Å². The Morgan fingerprint density at radius 1 is 0.903 bits per heavy atom. The van der Waals surface area contributed by atoms with Crippen molar-refractivity contribution in [3.8, 4) is 0 Å². The lowest BCUT2D eigenvalue weighted by Crippen LogP contribution is -2.34. The summed E-state index contributed by atoms with van der Waals surface area (Å²) < 4.78 is 5.43. The third-order valence-corrected chi connectivity index (χ3v) is 7.00. The molecule has 2 aromatic carbocycles. The molecule has 31 heavy (non-hydrogen) atoms. The Morgan fingerprint density at radius 3 is 2.13 bits per heavy atom. The molecule has 1 saturated heterocycles. The van der Waals surface area contributed by atoms with E-state index >= 15 is 0 Å². The van der Waals surface area contributed by atoms with Gasteiger partial charge in [0.15, 0.2) is 6.10 Å². The van der Waals surface area contributed by atoms with Crippen LogP contribution in [0.2, 0.25) is 0 Å². The van der Waals surface area contributed by atoms with Gasteiger partial charge in [-0.15, -0.1) is 0 Å². The summed E-state index contributed by atoms with van der Waals surface area (Å²) in [6.45, 7) is 1.52. The third-order valence-electron chi connectivity index (χ3n) is 7.00. The highest BCUT2D eigenvalue weighted by Gasteiger charge is 2.61. The number of ether oxygens (including phenoxy) is 1. The van der Waals surface area contributed by atoms with Crippen LogP contribution in [0.25, 0.3) is 0 Å². The van der Waals surface area contributed by atoms with E-state index in [9.17, 15) is 19.2 Å². The van der Waals surface area contributed by atoms with Crippen molar-refractivity contribution in [2.45, 2.75) is 32.3 Å². The Hall–Kier alpha value is -3.28. The zero-order valence-electron chi connectivity index (χ0n) is 17.2. The van der Waals surface area contributed by atoms with E-state index in [2.05, 4.69) is 0 Å². The normalized spacial score (nSPS) is 27.3. The second kappa shape index (κ2) is 7.45. The van der Waals surface area contributed by atoms with Crippen molar-refractivity contribution in [2.75, 3.05) is 4.90 Å². The molecule has 1 heterocycles. The number of imide groups is 1. The highest BCUT2D eigenvalue weighted by Crippen LogP contribution is 2.56. The molecule has 6 heteroatoms. The predicted octanol–water partition coefficient (Wildman–Crippen LogP) is 3.65. The van der Waals surface area contributed by atoms with Gasteiger partial charge in [-0.1, -0.05) is 42.5 Å². The first-order valence-electron chi connectivity index (χ1n) is 10.7. The number of benzene rings is 2. The quantitative estimate of drug-likeness (QED) is 0.421. The van der Waals surface area contributed by atoms with E-state index in [4.69, 9.17) is 4.74 Å². The molecule has 0 N–H and O–H groups in total. The van der Waals surface area contributed by atoms with Crippen LogP contribution in [0.4, 0.5) is 5.69 Å². The fraction of sp³-hybridized carbons (Fsp3) is 0.360. The van der Waals surface area contributed by atoms with Gasteiger partial charge in [-0.3, -0.25) is 14.4 Å². The van der Waals surface area contributed by atoms with Gasteiger partial charge in [0.05, 0.1) is 23.1 Å². The molecule has 0 radical (unpaired) electrons. The van der Waals surface area contributed by atoms with E-state index < -0.39 is 12.1 Å². The first kappa shape index (κ1) is 19.7. The summed E-state index contributed by atoms with van der Waals surface area (Å²) in [7, 11) is 0. The van der Waals surface area contributed by atoms with E-state index in [-0.39, 0.29) is 52.5 Å². The minimum atomic E-state index is -0.997. The molecule has 0 aromatic heterocycles. The van der Waals surface area contributed by atoms with Crippen LogP contribution in [0, 0.1) is 23.7 Å². The van der Waals surface area contributed by atoms with Crippen molar-refractivity contribution >= 4 is 29.3 Å². The number of carbonyl (C=O) groups is 4. The summed E-state index contributed by atoms with van der Waals surface area (Å²) in [5, 5.41) is 0. The van der Waals surface area contributed by atoms with Crippen LogP contribution in [-0.4, -0.2) is 29.7 Å². The molecule has 3 fully saturated rings. The summed E-state index contributed by atoms with van der Waals surface area (Å²) in [6.07, 6.45) is 1.93. The van der Waals surface area contributed by atoms with Crippen molar-refractivity contribution in [3.05, 3.63) is 65.7 Å². The molecule has 2 aromatic rings. The Kier molecular flexibility index (Phi) is 4.73. The van der Waals surface area contributed by atoms with Gasteiger partial charge in [-0.2, -0.15) is 0 Å². The zero-order valence-corrected chi connectivity index (χ0v) is 17.2. The second-order valence-corrected chi connectivity index (χ2v) is 8.69. The topological polar surface area (TPSA) is 80.8 Å². The molecule has 6 nitrogen and oxygen atoms in total. The molecule has 158 valence electrons. The largest absolute Gasteiger partial charge is 0.451 e. The van der Waals surface area contributed by atoms with Gasteiger partial charge in [0, 0.05) is 5.56 Å². The molecular formula is C25H23NO5. The van der Waals surface area contributed by atoms with E-state index in [1.54, 1.807) is 48.5 Å². The van der Waals surface area contributed by atoms with Crippen LogP contribution < -0.4 is 4.90 Å². The van der Waals surface area contributed by atoms with Crippen molar-refractivity contribution in [2.24, 2.45) is 23.7 Å². The number of para-hydroxylation sites is 1. The van der Waals surface area contributed by atoms with E-state index in [0.717, 1.165) is 19.3 Å². The maximum absolute atomic E-state index is 13.2. The maximum atomic E-state index is 13.2. The molecule has 2 bridgehead atoms. The number of carbonyl (C=O) groups excluding carboxylic acids is 4. The maximum Gasteiger partial charge on any atom is 0.340 e. The molecular weight excluding hydrogens is 394 g/mol. The first-order valence-corrected chi connectivity index (χ1v) is 10.7. The third kappa shape index (κ3) is 3.09. The molecule has 2 aliphatic carbocycles. The smallest absolute Gasteiger partial charge is 0.340 e. The lowest BCUT2D eigenvalue weighted by atomic mass is 9.81. The number of Topliss-reactive ketones (excluding diaryl/α,β-unsaturated/α-hetero) is 1. The summed E-state index contributed by atoms with van der Waals surface area (Å²) in [5.74, 6) is -1.48. The number of esters is 1. The van der Waals surface area contributed by atoms with E-state index in [1.807, 2.05) is 0 Å². The van der Waals surface area contributed by atoms with Crippen LogP contribution in [0.5, 0.6) is 0 Å². The number of anilines is 1. The minimum absolute atomic E-state index is 0.115. The van der Waals surface area contributed by atoms with Crippen LogP contribution in [-0.2, 0) is 14.3 Å². The summed E-state index contributed by atoms with van der Waals surface area (Å²) >= 11 is 0. The molecule has 5 rings (SSSR count). The van der Waals surface area contributed by atoms with Gasteiger partial charge < -0.3 is 4.74 Å².